The molecule has 1 fully saturated rings. The third kappa shape index (κ3) is 4.08. The van der Waals surface area contributed by atoms with Crippen molar-refractivity contribution in [3.63, 3.8) is 0 Å². The normalized spacial score (nSPS) is 16.3. The summed E-state index contributed by atoms with van der Waals surface area (Å²) in [7, 11) is 0. The zero-order chi connectivity index (χ0) is 21.1. The number of hydrogen-bond donors (Lipinski definition) is 2. The Balaban J connectivity index is 1.35. The summed E-state index contributed by atoms with van der Waals surface area (Å²) in [6.07, 6.45) is 3.44. The summed E-state index contributed by atoms with van der Waals surface area (Å²) in [6.45, 7) is 2.22. The van der Waals surface area contributed by atoms with Gasteiger partial charge in [0.05, 0.1) is 17.7 Å². The van der Waals surface area contributed by atoms with Crippen molar-refractivity contribution in [2.24, 2.45) is 0 Å². The van der Waals surface area contributed by atoms with E-state index in [0.29, 0.717) is 12.2 Å². The first-order valence-corrected chi connectivity index (χ1v) is 9.94. The number of rotatable bonds is 5. The molecule has 2 aliphatic heterocycles. The van der Waals surface area contributed by atoms with Crippen LogP contribution in [-0.4, -0.2) is 53.2 Å². The minimum Gasteiger partial charge on any atom is -0.325 e. The van der Waals surface area contributed by atoms with Gasteiger partial charge < -0.3 is 5.32 Å². The predicted octanol–water partition coefficient (Wildman–Crippen LogP) is 2.05. The first-order valence-electron chi connectivity index (χ1n) is 9.94. The standard InChI is InChI=1S/C22H22N4O4/c27-19(14-25-12-4-1-5-13-25)23-16-10-8-15(9-11-16)20(28)24-26-21(29)17-6-2-3-7-18(17)22(26)30/h2-3,6-11H,1,4-5,12-14H2,(H,23,27)(H,24,28). The maximum absolute atomic E-state index is 12.5. The van der Waals surface area contributed by atoms with Crippen molar-refractivity contribution < 1.29 is 19.2 Å². The molecule has 0 radical (unpaired) electrons. The Labute approximate surface area is 173 Å². The summed E-state index contributed by atoms with van der Waals surface area (Å²) in [5.74, 6) is -1.81. The van der Waals surface area contributed by atoms with Gasteiger partial charge in [-0.25, -0.2) is 0 Å². The minimum atomic E-state index is -0.587. The zero-order valence-corrected chi connectivity index (χ0v) is 16.4. The molecule has 154 valence electrons. The number of likely N-dealkylation sites (tertiary alicyclic amines) is 1. The molecular formula is C22H22N4O4. The highest BCUT2D eigenvalue weighted by Gasteiger charge is 2.36. The molecule has 4 rings (SSSR count). The van der Waals surface area contributed by atoms with Crippen molar-refractivity contribution in [1.29, 1.82) is 0 Å². The molecule has 0 unspecified atom stereocenters. The van der Waals surface area contributed by atoms with E-state index in [1.807, 2.05) is 0 Å². The van der Waals surface area contributed by atoms with E-state index in [2.05, 4.69) is 15.6 Å². The van der Waals surface area contributed by atoms with E-state index >= 15 is 0 Å². The van der Waals surface area contributed by atoms with Crippen LogP contribution in [0.25, 0.3) is 0 Å². The third-order valence-corrected chi connectivity index (χ3v) is 5.25. The smallest absolute Gasteiger partial charge is 0.280 e. The number of piperidine rings is 1. The molecular weight excluding hydrogens is 384 g/mol. The number of hydrazine groups is 1. The monoisotopic (exact) mass is 406 g/mol. The molecule has 1 saturated heterocycles. The molecule has 30 heavy (non-hydrogen) atoms. The Bertz CT molecular complexity index is 961. The second-order valence-electron chi connectivity index (χ2n) is 7.39. The van der Waals surface area contributed by atoms with Crippen LogP contribution < -0.4 is 10.7 Å². The quantitative estimate of drug-likeness (QED) is 0.741. The van der Waals surface area contributed by atoms with E-state index in [-0.39, 0.29) is 22.6 Å². The maximum atomic E-state index is 12.5. The highest BCUT2D eigenvalue weighted by molar-refractivity contribution is 6.22. The Kier molecular flexibility index (Phi) is 5.58. The van der Waals surface area contributed by atoms with E-state index in [1.165, 1.54) is 18.6 Å². The molecule has 0 bridgehead atoms. The van der Waals surface area contributed by atoms with Crippen LogP contribution in [0.5, 0.6) is 0 Å². The number of nitrogens with zero attached hydrogens (tertiary/aromatic N) is 2. The lowest BCUT2D eigenvalue weighted by atomic mass is 10.1. The van der Waals surface area contributed by atoms with Crippen LogP contribution in [0.15, 0.2) is 48.5 Å². The van der Waals surface area contributed by atoms with Crippen LogP contribution >= 0.6 is 0 Å². The van der Waals surface area contributed by atoms with Gasteiger partial charge in [-0.05, 0) is 62.3 Å². The fourth-order valence-corrected chi connectivity index (χ4v) is 3.68. The molecule has 2 N–H and O–H groups in total. The number of anilines is 1. The van der Waals surface area contributed by atoms with E-state index in [1.54, 1.807) is 36.4 Å². The van der Waals surface area contributed by atoms with Crippen molar-refractivity contribution in [2.75, 3.05) is 25.0 Å². The van der Waals surface area contributed by atoms with Crippen LogP contribution in [0.4, 0.5) is 5.69 Å². The van der Waals surface area contributed by atoms with Crippen LogP contribution in [0, 0.1) is 0 Å². The lowest BCUT2D eigenvalue weighted by Crippen LogP contribution is -2.45. The largest absolute Gasteiger partial charge is 0.325 e. The molecule has 0 atom stereocenters. The van der Waals surface area contributed by atoms with Gasteiger partial charge in [0.2, 0.25) is 5.91 Å². The van der Waals surface area contributed by atoms with E-state index < -0.39 is 17.7 Å². The van der Waals surface area contributed by atoms with Gasteiger partial charge in [-0.3, -0.25) is 29.5 Å². The van der Waals surface area contributed by atoms with Crippen molar-refractivity contribution in [1.82, 2.24) is 15.3 Å². The number of amides is 4. The third-order valence-electron chi connectivity index (χ3n) is 5.25. The second-order valence-corrected chi connectivity index (χ2v) is 7.39. The number of carbonyl (C=O) groups excluding carboxylic acids is 4. The number of imide groups is 1. The van der Waals surface area contributed by atoms with Gasteiger partial charge in [0, 0.05) is 11.3 Å². The average molecular weight is 406 g/mol. The first-order chi connectivity index (χ1) is 14.5. The van der Waals surface area contributed by atoms with Crippen molar-refractivity contribution in [2.45, 2.75) is 19.3 Å². The number of fused-ring (bicyclic) bond motifs is 1. The summed E-state index contributed by atoms with van der Waals surface area (Å²) in [4.78, 5) is 51.5. The van der Waals surface area contributed by atoms with E-state index in [0.717, 1.165) is 30.9 Å². The summed E-state index contributed by atoms with van der Waals surface area (Å²) >= 11 is 0. The molecule has 2 heterocycles. The van der Waals surface area contributed by atoms with Crippen LogP contribution in [0.1, 0.15) is 50.3 Å². The molecule has 2 aromatic rings. The summed E-state index contributed by atoms with van der Waals surface area (Å²) < 4.78 is 0. The molecule has 0 saturated carbocycles. The SMILES string of the molecule is O=C(CN1CCCCC1)Nc1ccc(C(=O)NN2C(=O)c3ccccc3C2=O)cc1. The second kappa shape index (κ2) is 8.46. The summed E-state index contributed by atoms with van der Waals surface area (Å²) in [6, 6.07) is 12.7. The summed E-state index contributed by atoms with van der Waals surface area (Å²) in [5.41, 5.74) is 3.72. The van der Waals surface area contributed by atoms with Crippen LogP contribution in [0.3, 0.4) is 0 Å². The maximum Gasteiger partial charge on any atom is 0.280 e. The first kappa shape index (κ1) is 19.8. The molecule has 8 nitrogen and oxygen atoms in total. The van der Waals surface area contributed by atoms with Gasteiger partial charge in [-0.2, -0.15) is 5.01 Å². The molecule has 2 aliphatic rings. The molecule has 4 amide bonds. The lowest BCUT2D eigenvalue weighted by Gasteiger charge is -2.25. The van der Waals surface area contributed by atoms with Gasteiger partial charge >= 0.3 is 0 Å². The number of carbonyl (C=O) groups is 4. The van der Waals surface area contributed by atoms with Gasteiger partial charge in [-0.15, -0.1) is 0 Å². The highest BCUT2D eigenvalue weighted by atomic mass is 16.2. The van der Waals surface area contributed by atoms with Crippen molar-refractivity contribution >= 4 is 29.3 Å². The van der Waals surface area contributed by atoms with Gasteiger partial charge in [0.15, 0.2) is 0 Å². The van der Waals surface area contributed by atoms with Gasteiger partial charge in [-0.1, -0.05) is 18.6 Å². The Morgan fingerprint density at radius 2 is 1.43 bits per heavy atom. The number of hydrogen-bond acceptors (Lipinski definition) is 5. The zero-order valence-electron chi connectivity index (χ0n) is 16.4. The molecule has 0 aliphatic carbocycles. The lowest BCUT2D eigenvalue weighted by molar-refractivity contribution is -0.117. The van der Waals surface area contributed by atoms with Crippen molar-refractivity contribution in [3.8, 4) is 0 Å². The predicted molar refractivity (Wildman–Crippen MR) is 110 cm³/mol. The molecule has 2 aromatic carbocycles. The Morgan fingerprint density at radius 3 is 2.03 bits per heavy atom. The molecule has 0 aromatic heterocycles. The Morgan fingerprint density at radius 1 is 0.833 bits per heavy atom. The van der Waals surface area contributed by atoms with E-state index in [9.17, 15) is 19.2 Å². The minimum absolute atomic E-state index is 0.0971. The van der Waals surface area contributed by atoms with Gasteiger partial charge in [0.25, 0.3) is 17.7 Å². The molecule has 8 heteroatoms. The molecule has 0 spiro atoms. The highest BCUT2D eigenvalue weighted by Crippen LogP contribution is 2.21. The Hall–Kier alpha value is -3.52. The van der Waals surface area contributed by atoms with Crippen LogP contribution in [0.2, 0.25) is 0 Å². The fourth-order valence-electron chi connectivity index (χ4n) is 3.68. The van der Waals surface area contributed by atoms with Crippen molar-refractivity contribution in [3.05, 3.63) is 65.2 Å². The number of benzene rings is 2. The van der Waals surface area contributed by atoms with Crippen LogP contribution in [-0.2, 0) is 4.79 Å². The van der Waals surface area contributed by atoms with Gasteiger partial charge in [0.1, 0.15) is 0 Å². The number of nitrogens with one attached hydrogen (secondary N) is 2. The fraction of sp³-hybridized carbons (Fsp3) is 0.273. The summed E-state index contributed by atoms with van der Waals surface area (Å²) in [5, 5.41) is 3.55. The average Bonchev–Trinajstić information content (AvgIpc) is 3.00. The van der Waals surface area contributed by atoms with E-state index in [4.69, 9.17) is 0 Å². The topological polar surface area (TPSA) is 98.8 Å².